The molecule has 1 aromatic heterocycles. The van der Waals surface area contributed by atoms with Crippen LogP contribution in [0, 0.1) is 12.8 Å². The Hall–Kier alpha value is -2.31. The van der Waals surface area contributed by atoms with Crippen molar-refractivity contribution in [2.24, 2.45) is 5.92 Å². The topological polar surface area (TPSA) is 86.6 Å². The molecule has 2 aromatic rings. The minimum absolute atomic E-state index is 0.0388. The van der Waals surface area contributed by atoms with E-state index in [4.69, 9.17) is 5.11 Å². The van der Waals surface area contributed by atoms with Crippen LogP contribution in [0.5, 0.6) is 0 Å². The van der Waals surface area contributed by atoms with Crippen LogP contribution in [-0.2, 0) is 0 Å². The molecule has 25 heavy (non-hydrogen) atoms. The first-order valence-corrected chi connectivity index (χ1v) is 8.57. The van der Waals surface area contributed by atoms with Gasteiger partial charge in [0.25, 0.3) is 5.91 Å². The van der Waals surface area contributed by atoms with Crippen molar-refractivity contribution in [3.8, 4) is 11.3 Å². The maximum Gasteiger partial charge on any atom is 0.257 e. The monoisotopic (exact) mass is 341 g/mol. The molecule has 1 unspecified atom stereocenters. The molecule has 1 atom stereocenters. The lowest BCUT2D eigenvalue weighted by Gasteiger charge is -2.34. The van der Waals surface area contributed by atoms with Crippen LogP contribution >= 0.6 is 0 Å². The number of carbonyl (C=O) groups excluding carboxylic acids is 1. The van der Waals surface area contributed by atoms with Gasteiger partial charge in [0.05, 0.1) is 24.0 Å². The molecule has 2 N–H and O–H groups in total. The van der Waals surface area contributed by atoms with Gasteiger partial charge in [-0.3, -0.25) is 4.79 Å². The normalized spacial score (nSPS) is 16.7. The van der Waals surface area contributed by atoms with Crippen LogP contribution in [0.3, 0.4) is 0 Å². The van der Waals surface area contributed by atoms with E-state index >= 15 is 0 Å². The van der Waals surface area contributed by atoms with E-state index in [-0.39, 0.29) is 18.4 Å². The fourth-order valence-electron chi connectivity index (χ4n) is 3.25. The third kappa shape index (κ3) is 3.86. The molecule has 1 aliphatic rings. The Kier molecular flexibility index (Phi) is 5.40. The minimum atomic E-state index is -0.708. The quantitative estimate of drug-likeness (QED) is 0.883. The summed E-state index contributed by atoms with van der Waals surface area (Å²) in [6.07, 6.45) is 2.25. The van der Waals surface area contributed by atoms with Gasteiger partial charge in [0.15, 0.2) is 0 Å². The van der Waals surface area contributed by atoms with Crippen molar-refractivity contribution >= 4 is 5.91 Å². The van der Waals surface area contributed by atoms with Gasteiger partial charge in [0.2, 0.25) is 0 Å². The molecule has 0 aliphatic carbocycles. The van der Waals surface area contributed by atoms with E-state index in [0.29, 0.717) is 43.0 Å². The number of hydrogen-bond donors (Lipinski definition) is 2. The first kappa shape index (κ1) is 17.5. The molecule has 0 saturated carbocycles. The predicted octanol–water partition coefficient (Wildman–Crippen LogP) is 1.66. The van der Waals surface area contributed by atoms with E-state index in [0.717, 1.165) is 5.56 Å². The Labute approximate surface area is 147 Å². The lowest BCUT2D eigenvalue weighted by atomic mass is 9.91. The average molecular weight is 341 g/mol. The molecular formula is C19H23N3O3. The number of piperidine rings is 1. The van der Waals surface area contributed by atoms with Gasteiger partial charge in [-0.1, -0.05) is 30.3 Å². The van der Waals surface area contributed by atoms with E-state index in [2.05, 4.69) is 9.97 Å². The van der Waals surface area contributed by atoms with Gasteiger partial charge < -0.3 is 15.1 Å². The number of benzene rings is 1. The second-order valence-electron chi connectivity index (χ2n) is 6.43. The smallest absolute Gasteiger partial charge is 0.257 e. The molecule has 2 heterocycles. The zero-order chi connectivity index (χ0) is 17.8. The number of likely N-dealkylation sites (tertiary alicyclic amines) is 1. The number of aryl methyl sites for hydroxylation is 1. The molecule has 1 fully saturated rings. The highest BCUT2D eigenvalue weighted by atomic mass is 16.3. The van der Waals surface area contributed by atoms with Gasteiger partial charge >= 0.3 is 0 Å². The summed E-state index contributed by atoms with van der Waals surface area (Å²) in [5.74, 6) is 0.577. The molecule has 6 nitrogen and oxygen atoms in total. The summed E-state index contributed by atoms with van der Waals surface area (Å²) in [5.41, 5.74) is 2.04. The molecule has 0 bridgehead atoms. The van der Waals surface area contributed by atoms with E-state index in [1.165, 1.54) is 0 Å². The van der Waals surface area contributed by atoms with E-state index in [9.17, 15) is 9.90 Å². The molecule has 3 rings (SSSR count). The second-order valence-corrected chi connectivity index (χ2v) is 6.43. The zero-order valence-corrected chi connectivity index (χ0v) is 14.3. The average Bonchev–Trinajstić information content (AvgIpc) is 2.67. The van der Waals surface area contributed by atoms with Gasteiger partial charge in [0.1, 0.15) is 5.82 Å². The second kappa shape index (κ2) is 7.72. The molecule has 1 amide bonds. The maximum atomic E-state index is 13.0. The van der Waals surface area contributed by atoms with Gasteiger partial charge in [-0.2, -0.15) is 0 Å². The summed E-state index contributed by atoms with van der Waals surface area (Å²) in [6.45, 7) is 2.69. The Balaban J connectivity index is 1.82. The molecule has 1 aromatic carbocycles. The van der Waals surface area contributed by atoms with Crippen molar-refractivity contribution in [3.63, 3.8) is 0 Å². The largest absolute Gasteiger partial charge is 0.394 e. The molecule has 132 valence electrons. The Morgan fingerprint density at radius 1 is 1.28 bits per heavy atom. The summed E-state index contributed by atoms with van der Waals surface area (Å²) >= 11 is 0. The van der Waals surface area contributed by atoms with Gasteiger partial charge in [0, 0.05) is 24.8 Å². The number of aromatic nitrogens is 2. The van der Waals surface area contributed by atoms with E-state index in [1.54, 1.807) is 11.1 Å². The first-order valence-electron chi connectivity index (χ1n) is 8.57. The number of carbonyl (C=O) groups is 1. The predicted molar refractivity (Wildman–Crippen MR) is 93.9 cm³/mol. The third-order valence-electron chi connectivity index (χ3n) is 4.74. The number of aliphatic hydroxyl groups is 2. The van der Waals surface area contributed by atoms with Gasteiger partial charge in [-0.25, -0.2) is 9.97 Å². The van der Waals surface area contributed by atoms with Crippen molar-refractivity contribution in [1.82, 2.24) is 14.9 Å². The summed E-state index contributed by atoms with van der Waals surface area (Å²) in [6, 6.07) is 9.63. The van der Waals surface area contributed by atoms with Gasteiger partial charge in [-0.15, -0.1) is 0 Å². The van der Waals surface area contributed by atoms with Crippen LogP contribution in [-0.4, -0.2) is 56.8 Å². The highest BCUT2D eigenvalue weighted by Gasteiger charge is 2.29. The van der Waals surface area contributed by atoms with Crippen molar-refractivity contribution < 1.29 is 15.0 Å². The number of hydrogen-bond acceptors (Lipinski definition) is 5. The number of nitrogens with zero attached hydrogens (tertiary/aromatic N) is 3. The molecular weight excluding hydrogens is 318 g/mol. The molecule has 1 aliphatic heterocycles. The highest BCUT2D eigenvalue weighted by Crippen LogP contribution is 2.26. The summed E-state index contributed by atoms with van der Waals surface area (Å²) in [7, 11) is 0. The van der Waals surface area contributed by atoms with Crippen LogP contribution in [0.4, 0.5) is 0 Å². The highest BCUT2D eigenvalue weighted by molar-refractivity contribution is 5.99. The van der Waals surface area contributed by atoms with E-state index < -0.39 is 6.10 Å². The SMILES string of the molecule is Cc1ncc(C(=O)N2CCC(C(O)CO)CC2)c(-c2ccccc2)n1. The van der Waals surface area contributed by atoms with Crippen LogP contribution < -0.4 is 0 Å². The summed E-state index contributed by atoms with van der Waals surface area (Å²) in [5, 5.41) is 18.9. The number of rotatable bonds is 4. The maximum absolute atomic E-state index is 13.0. The standard InChI is InChI=1S/C19H23N3O3/c1-13-20-11-16(18(21-13)15-5-3-2-4-6-15)19(25)22-9-7-14(8-10-22)17(24)12-23/h2-6,11,14,17,23-24H,7-10,12H2,1H3. The Bertz CT molecular complexity index is 728. The van der Waals surface area contributed by atoms with Crippen LogP contribution in [0.15, 0.2) is 36.5 Å². The van der Waals surface area contributed by atoms with E-state index in [1.807, 2.05) is 37.3 Å². The molecule has 1 saturated heterocycles. The van der Waals surface area contributed by atoms with Crippen molar-refractivity contribution in [3.05, 3.63) is 47.9 Å². The Morgan fingerprint density at radius 3 is 2.60 bits per heavy atom. The number of amides is 1. The lowest BCUT2D eigenvalue weighted by Crippen LogP contribution is -2.42. The number of aliphatic hydroxyl groups excluding tert-OH is 2. The van der Waals surface area contributed by atoms with Crippen molar-refractivity contribution in [2.45, 2.75) is 25.9 Å². The third-order valence-corrected chi connectivity index (χ3v) is 4.74. The Morgan fingerprint density at radius 2 is 1.96 bits per heavy atom. The van der Waals surface area contributed by atoms with Crippen LogP contribution in [0.1, 0.15) is 29.0 Å². The van der Waals surface area contributed by atoms with Crippen LogP contribution in [0.25, 0.3) is 11.3 Å². The zero-order valence-electron chi connectivity index (χ0n) is 14.3. The molecule has 0 radical (unpaired) electrons. The molecule has 0 spiro atoms. The lowest BCUT2D eigenvalue weighted by molar-refractivity contribution is 0.0179. The summed E-state index contributed by atoms with van der Waals surface area (Å²) in [4.78, 5) is 23.5. The first-order chi connectivity index (χ1) is 12.1. The van der Waals surface area contributed by atoms with Crippen LogP contribution in [0.2, 0.25) is 0 Å². The fraction of sp³-hybridized carbons (Fsp3) is 0.421. The molecule has 6 heteroatoms. The summed E-state index contributed by atoms with van der Waals surface area (Å²) < 4.78 is 0. The van der Waals surface area contributed by atoms with Crippen molar-refractivity contribution in [2.75, 3.05) is 19.7 Å². The minimum Gasteiger partial charge on any atom is -0.394 e. The van der Waals surface area contributed by atoms with Gasteiger partial charge in [-0.05, 0) is 25.7 Å². The van der Waals surface area contributed by atoms with Crippen molar-refractivity contribution in [1.29, 1.82) is 0 Å². The fourth-order valence-corrected chi connectivity index (χ4v) is 3.25.